The molecule has 1 aromatic carbocycles. The molecule has 7 heteroatoms. The zero-order valence-electron chi connectivity index (χ0n) is 8.91. The number of hydrogen-bond donors (Lipinski definition) is 2. The fraction of sp³-hybridized carbons (Fsp3) is 0. The maximum atomic E-state index is 13.6. The molecule has 4 nitrogen and oxygen atoms in total. The summed E-state index contributed by atoms with van der Waals surface area (Å²) in [5.41, 5.74) is 0.304. The number of H-pyrrole nitrogens is 1. The molecule has 0 amide bonds. The van der Waals surface area contributed by atoms with Gasteiger partial charge >= 0.3 is 0 Å². The van der Waals surface area contributed by atoms with E-state index in [-0.39, 0.29) is 11.3 Å². The Kier molecular flexibility index (Phi) is 3.79. The van der Waals surface area contributed by atoms with Gasteiger partial charge in [-0.25, -0.2) is 8.60 Å². The van der Waals surface area contributed by atoms with Crippen molar-refractivity contribution >= 4 is 32.6 Å². The molecular weight excluding hydrogens is 321 g/mol. The van der Waals surface area contributed by atoms with Gasteiger partial charge in [0, 0.05) is 6.20 Å². The van der Waals surface area contributed by atoms with Gasteiger partial charge in [-0.15, -0.1) is 0 Å². The molecule has 0 aliphatic carbocycles. The van der Waals surface area contributed by atoms with Gasteiger partial charge in [0.2, 0.25) is 0 Å². The number of nitrogens with zero attached hydrogens (tertiary/aromatic N) is 1. The highest BCUT2D eigenvalue weighted by Gasteiger charge is 2.09. The van der Waals surface area contributed by atoms with Gasteiger partial charge in [0.1, 0.15) is 5.82 Å². The van der Waals surface area contributed by atoms with Gasteiger partial charge in [0.15, 0.2) is 11.0 Å². The van der Waals surface area contributed by atoms with E-state index < -0.39 is 16.8 Å². The van der Waals surface area contributed by atoms with Gasteiger partial charge in [0.05, 0.1) is 26.8 Å². The van der Waals surface area contributed by atoms with Crippen molar-refractivity contribution in [2.75, 3.05) is 4.72 Å². The van der Waals surface area contributed by atoms with Crippen molar-refractivity contribution in [3.63, 3.8) is 0 Å². The number of nitriles is 1. The van der Waals surface area contributed by atoms with Gasteiger partial charge in [-0.2, -0.15) is 5.26 Å². The number of aromatic nitrogens is 1. The molecule has 0 fully saturated rings. The molecule has 92 valence electrons. The average Bonchev–Trinajstić information content (AvgIpc) is 2.78. The van der Waals surface area contributed by atoms with E-state index in [1.54, 1.807) is 12.3 Å². The van der Waals surface area contributed by atoms with E-state index in [1.165, 1.54) is 12.1 Å². The molecule has 0 radical (unpaired) electrons. The summed E-state index contributed by atoms with van der Waals surface area (Å²) < 4.78 is 28.6. The van der Waals surface area contributed by atoms with Crippen LogP contribution in [0.5, 0.6) is 0 Å². The first-order valence-corrected chi connectivity index (χ1v) is 6.76. The molecule has 1 atom stereocenters. The molecule has 0 saturated heterocycles. The van der Waals surface area contributed by atoms with Crippen molar-refractivity contribution < 1.29 is 8.60 Å². The second kappa shape index (κ2) is 5.33. The standard InChI is InChI=1S/C11H7BrFN3OS/c12-11-4-8(6-15-11)18(17)16-10-2-1-7(5-14)3-9(10)13/h1-4,6,15-16H. The molecule has 1 heterocycles. The van der Waals surface area contributed by atoms with Crippen molar-refractivity contribution in [2.45, 2.75) is 4.90 Å². The summed E-state index contributed by atoms with van der Waals surface area (Å²) in [6.45, 7) is 0. The van der Waals surface area contributed by atoms with Crippen molar-refractivity contribution in [3.8, 4) is 6.07 Å². The topological polar surface area (TPSA) is 68.7 Å². The van der Waals surface area contributed by atoms with Crippen LogP contribution in [-0.4, -0.2) is 9.19 Å². The van der Waals surface area contributed by atoms with E-state index in [9.17, 15) is 8.60 Å². The molecule has 18 heavy (non-hydrogen) atoms. The van der Waals surface area contributed by atoms with E-state index >= 15 is 0 Å². The van der Waals surface area contributed by atoms with Crippen LogP contribution in [0.4, 0.5) is 10.1 Å². The number of rotatable bonds is 3. The van der Waals surface area contributed by atoms with Crippen LogP contribution in [0.2, 0.25) is 0 Å². The van der Waals surface area contributed by atoms with E-state index in [1.807, 2.05) is 6.07 Å². The molecule has 2 N–H and O–H groups in total. The van der Waals surface area contributed by atoms with Crippen LogP contribution in [0.25, 0.3) is 0 Å². The summed E-state index contributed by atoms with van der Waals surface area (Å²) in [6.07, 6.45) is 1.55. The second-order valence-corrected chi connectivity index (χ2v) is 5.43. The molecule has 1 aromatic heterocycles. The molecular formula is C11H7BrFN3OS. The summed E-state index contributed by atoms with van der Waals surface area (Å²) in [5, 5.41) is 8.61. The van der Waals surface area contributed by atoms with Gasteiger partial charge in [-0.05, 0) is 40.2 Å². The number of halogens is 2. The summed E-state index contributed by atoms with van der Waals surface area (Å²) in [4.78, 5) is 3.31. The van der Waals surface area contributed by atoms with E-state index in [0.29, 0.717) is 9.50 Å². The van der Waals surface area contributed by atoms with Crippen molar-refractivity contribution in [2.24, 2.45) is 0 Å². The third kappa shape index (κ3) is 2.78. The Balaban J connectivity index is 2.20. The Labute approximate surface area is 114 Å². The molecule has 0 aliphatic heterocycles. The number of anilines is 1. The lowest BCUT2D eigenvalue weighted by atomic mass is 10.2. The van der Waals surface area contributed by atoms with E-state index in [2.05, 4.69) is 25.6 Å². The Morgan fingerprint density at radius 2 is 2.22 bits per heavy atom. The highest BCUT2D eigenvalue weighted by atomic mass is 79.9. The van der Waals surface area contributed by atoms with Crippen molar-refractivity contribution in [1.82, 2.24) is 4.98 Å². The lowest BCUT2D eigenvalue weighted by Gasteiger charge is -2.05. The fourth-order valence-corrected chi connectivity index (χ4v) is 2.67. The van der Waals surface area contributed by atoms with Crippen LogP contribution >= 0.6 is 15.9 Å². The predicted molar refractivity (Wildman–Crippen MR) is 69.6 cm³/mol. The Bertz CT molecular complexity index is 650. The highest BCUT2D eigenvalue weighted by Crippen LogP contribution is 2.19. The normalized spacial score (nSPS) is 11.8. The smallest absolute Gasteiger partial charge is 0.151 e. The van der Waals surface area contributed by atoms with Crippen LogP contribution in [0, 0.1) is 17.1 Å². The quantitative estimate of drug-likeness (QED) is 0.910. The van der Waals surface area contributed by atoms with Gasteiger partial charge < -0.3 is 4.98 Å². The maximum Gasteiger partial charge on any atom is 0.151 e. The minimum absolute atomic E-state index is 0.0876. The van der Waals surface area contributed by atoms with Crippen molar-refractivity contribution in [3.05, 3.63) is 46.4 Å². The number of nitrogens with one attached hydrogen (secondary N) is 2. The Morgan fingerprint density at radius 3 is 2.78 bits per heavy atom. The lowest BCUT2D eigenvalue weighted by molar-refractivity contribution is 0.631. The molecule has 0 bridgehead atoms. The largest absolute Gasteiger partial charge is 0.355 e. The molecule has 2 aromatic rings. The summed E-state index contributed by atoms with van der Waals surface area (Å²) in [6, 6.07) is 7.38. The lowest BCUT2D eigenvalue weighted by Crippen LogP contribution is -2.05. The zero-order chi connectivity index (χ0) is 13.1. The third-order valence-corrected chi connectivity index (χ3v) is 3.66. The minimum Gasteiger partial charge on any atom is -0.355 e. The van der Waals surface area contributed by atoms with Crippen LogP contribution in [0.15, 0.2) is 40.0 Å². The molecule has 0 spiro atoms. The molecule has 0 aliphatic rings. The maximum absolute atomic E-state index is 13.6. The predicted octanol–water partition coefficient (Wildman–Crippen LogP) is 2.92. The van der Waals surface area contributed by atoms with Crippen molar-refractivity contribution in [1.29, 1.82) is 5.26 Å². The van der Waals surface area contributed by atoms with Crippen LogP contribution in [0.1, 0.15) is 5.56 Å². The summed E-state index contributed by atoms with van der Waals surface area (Å²) in [7, 11) is -1.57. The first-order valence-electron chi connectivity index (χ1n) is 4.82. The number of benzene rings is 1. The van der Waals surface area contributed by atoms with Crippen LogP contribution < -0.4 is 4.72 Å². The molecule has 2 rings (SSSR count). The third-order valence-electron chi connectivity index (χ3n) is 2.14. The molecule has 0 saturated carbocycles. The monoisotopic (exact) mass is 327 g/mol. The fourth-order valence-electron chi connectivity index (χ4n) is 1.28. The Hall–Kier alpha value is -1.65. The first kappa shape index (κ1) is 12.8. The number of hydrogen-bond acceptors (Lipinski definition) is 2. The zero-order valence-corrected chi connectivity index (χ0v) is 11.3. The van der Waals surface area contributed by atoms with Crippen LogP contribution in [0.3, 0.4) is 0 Å². The summed E-state index contributed by atoms with van der Waals surface area (Å²) >= 11 is 3.19. The SMILES string of the molecule is N#Cc1ccc(NS(=O)c2c[nH]c(Br)c2)c(F)c1. The average molecular weight is 328 g/mol. The second-order valence-electron chi connectivity index (χ2n) is 3.36. The van der Waals surface area contributed by atoms with E-state index in [4.69, 9.17) is 5.26 Å². The van der Waals surface area contributed by atoms with Gasteiger partial charge in [-0.3, -0.25) is 4.72 Å². The van der Waals surface area contributed by atoms with Gasteiger partial charge in [0.25, 0.3) is 0 Å². The number of aromatic amines is 1. The van der Waals surface area contributed by atoms with Crippen LogP contribution in [-0.2, 0) is 11.0 Å². The van der Waals surface area contributed by atoms with Gasteiger partial charge in [-0.1, -0.05) is 0 Å². The highest BCUT2D eigenvalue weighted by molar-refractivity contribution is 9.10. The minimum atomic E-state index is -1.57. The molecule has 1 unspecified atom stereocenters. The Morgan fingerprint density at radius 1 is 1.44 bits per heavy atom. The first-order chi connectivity index (χ1) is 8.60. The van der Waals surface area contributed by atoms with E-state index in [0.717, 1.165) is 6.07 Å². The summed E-state index contributed by atoms with van der Waals surface area (Å²) in [5.74, 6) is -0.614.